The van der Waals surface area contributed by atoms with E-state index >= 15 is 0 Å². The summed E-state index contributed by atoms with van der Waals surface area (Å²) >= 11 is 0. The highest BCUT2D eigenvalue weighted by Crippen LogP contribution is 2.90. The summed E-state index contributed by atoms with van der Waals surface area (Å²) in [7, 11) is -1.22. The number of rotatable bonds is 0. The van der Waals surface area contributed by atoms with Crippen molar-refractivity contribution in [2.75, 3.05) is 0 Å². The van der Waals surface area contributed by atoms with Gasteiger partial charge < -0.3 is 0 Å². The van der Waals surface area contributed by atoms with Crippen LogP contribution in [0.15, 0.2) is 0 Å². The summed E-state index contributed by atoms with van der Waals surface area (Å²) in [4.78, 5) is 0. The maximum absolute atomic E-state index is 2.58. The van der Waals surface area contributed by atoms with E-state index in [-0.39, 0.29) is 0 Å². The molecule has 0 radical (unpaired) electrons. The standard InChI is InChI=1S/C18H34Si/c1-15(2,3)19(16(4,5)6)12-18(19)10-9-13-11-14(18)17(13,7)8/h13-14H,9-12H2,1-8H3. The summed E-state index contributed by atoms with van der Waals surface area (Å²) < 4.78 is 0. The first kappa shape index (κ1) is 14.2. The average Bonchev–Trinajstić information content (AvgIpc) is 2.86. The zero-order valence-corrected chi connectivity index (χ0v) is 15.5. The molecule has 0 amide bonds. The van der Waals surface area contributed by atoms with Gasteiger partial charge in [0.2, 0.25) is 0 Å². The van der Waals surface area contributed by atoms with Crippen LogP contribution in [-0.4, -0.2) is 8.07 Å². The van der Waals surface area contributed by atoms with E-state index in [1.54, 1.807) is 18.9 Å². The molecule has 0 aromatic rings. The van der Waals surface area contributed by atoms with Gasteiger partial charge in [-0.3, -0.25) is 0 Å². The summed E-state index contributed by atoms with van der Waals surface area (Å²) in [6.07, 6.45) is 4.67. The molecule has 0 N–H and O–H groups in total. The molecule has 4 rings (SSSR count). The van der Waals surface area contributed by atoms with Gasteiger partial charge in [-0.05, 0) is 51.6 Å². The Morgan fingerprint density at radius 2 is 1.47 bits per heavy atom. The smallest absolute Gasteiger partial charge is 0.0625 e. The highest BCUT2D eigenvalue weighted by molar-refractivity contribution is 6.97. The lowest BCUT2D eigenvalue weighted by atomic mass is 9.46. The second kappa shape index (κ2) is 3.34. The minimum absolute atomic E-state index is 0.573. The Hall–Kier alpha value is 0.217. The van der Waals surface area contributed by atoms with Crippen LogP contribution in [0.4, 0.5) is 0 Å². The molecule has 3 aliphatic carbocycles. The first-order valence-electron chi connectivity index (χ1n) is 8.40. The molecule has 0 aromatic carbocycles. The van der Waals surface area contributed by atoms with Crippen LogP contribution in [0, 0.1) is 17.3 Å². The van der Waals surface area contributed by atoms with Crippen molar-refractivity contribution in [3.8, 4) is 0 Å². The van der Waals surface area contributed by atoms with Crippen molar-refractivity contribution >= 4 is 8.07 Å². The molecular weight excluding hydrogens is 244 g/mol. The molecule has 4 fully saturated rings. The fourth-order valence-electron chi connectivity index (χ4n) is 7.35. The Morgan fingerprint density at radius 3 is 1.79 bits per heavy atom. The van der Waals surface area contributed by atoms with Gasteiger partial charge in [-0.1, -0.05) is 61.4 Å². The lowest BCUT2D eigenvalue weighted by molar-refractivity contribution is -0.0828. The van der Waals surface area contributed by atoms with Gasteiger partial charge in [0, 0.05) is 0 Å². The molecule has 1 saturated heterocycles. The topological polar surface area (TPSA) is 0 Å². The molecule has 2 bridgehead atoms. The highest BCUT2D eigenvalue weighted by Gasteiger charge is 2.83. The quantitative estimate of drug-likeness (QED) is 0.460. The summed E-state index contributed by atoms with van der Waals surface area (Å²) in [5.41, 5.74) is 0.656. The zero-order chi connectivity index (χ0) is 14.5. The van der Waals surface area contributed by atoms with Gasteiger partial charge in [0.1, 0.15) is 0 Å². The molecule has 1 spiro atoms. The maximum atomic E-state index is 2.58. The van der Waals surface area contributed by atoms with Crippen LogP contribution in [-0.2, 0) is 0 Å². The molecule has 3 unspecified atom stereocenters. The van der Waals surface area contributed by atoms with Crippen molar-refractivity contribution in [2.45, 2.75) is 95.8 Å². The monoisotopic (exact) mass is 278 g/mol. The van der Waals surface area contributed by atoms with Gasteiger partial charge in [0.15, 0.2) is 0 Å². The van der Waals surface area contributed by atoms with Crippen molar-refractivity contribution in [3.05, 3.63) is 0 Å². The third-order valence-corrected chi connectivity index (χ3v) is 16.3. The van der Waals surface area contributed by atoms with Gasteiger partial charge in [0.25, 0.3) is 0 Å². The van der Waals surface area contributed by atoms with Gasteiger partial charge in [0.05, 0.1) is 8.07 Å². The first-order chi connectivity index (χ1) is 8.40. The molecule has 1 heteroatoms. The first-order valence-corrected chi connectivity index (χ1v) is 10.6. The summed E-state index contributed by atoms with van der Waals surface area (Å²) in [6.45, 7) is 20.6. The van der Waals surface area contributed by atoms with E-state index in [0.717, 1.165) is 16.9 Å². The van der Waals surface area contributed by atoms with Crippen LogP contribution >= 0.6 is 0 Å². The minimum Gasteiger partial charge on any atom is -0.0625 e. The zero-order valence-electron chi connectivity index (χ0n) is 14.5. The largest absolute Gasteiger partial charge is 0.0708 e. The van der Waals surface area contributed by atoms with Crippen LogP contribution in [0.1, 0.15) is 74.7 Å². The van der Waals surface area contributed by atoms with E-state index in [2.05, 4.69) is 55.4 Å². The van der Waals surface area contributed by atoms with E-state index in [4.69, 9.17) is 0 Å². The third kappa shape index (κ3) is 1.37. The van der Waals surface area contributed by atoms with Crippen molar-refractivity contribution < 1.29 is 0 Å². The molecule has 110 valence electrons. The number of hydrogen-bond donors (Lipinski definition) is 0. The second-order valence-electron chi connectivity index (χ2n) is 10.6. The molecule has 3 saturated carbocycles. The molecule has 4 aliphatic rings. The van der Waals surface area contributed by atoms with Crippen molar-refractivity contribution in [3.63, 3.8) is 0 Å². The Bertz CT molecular complexity index is 390. The highest BCUT2D eigenvalue weighted by atomic mass is 28.3. The summed E-state index contributed by atoms with van der Waals surface area (Å²) in [5, 5.41) is 1.95. The van der Waals surface area contributed by atoms with Gasteiger partial charge in [-0.25, -0.2) is 0 Å². The molecular formula is C18H34Si. The Labute approximate surface area is 121 Å². The molecule has 3 atom stereocenters. The van der Waals surface area contributed by atoms with Crippen molar-refractivity contribution in [2.24, 2.45) is 17.3 Å². The van der Waals surface area contributed by atoms with Crippen molar-refractivity contribution in [1.82, 2.24) is 0 Å². The van der Waals surface area contributed by atoms with Crippen LogP contribution in [0.5, 0.6) is 0 Å². The van der Waals surface area contributed by atoms with Crippen LogP contribution in [0.2, 0.25) is 21.2 Å². The average molecular weight is 279 g/mol. The van der Waals surface area contributed by atoms with Crippen molar-refractivity contribution in [1.29, 1.82) is 0 Å². The summed E-state index contributed by atoms with van der Waals surface area (Å²) in [5.74, 6) is 2.11. The van der Waals surface area contributed by atoms with Gasteiger partial charge in [-0.15, -0.1) is 0 Å². The lowest BCUT2D eigenvalue weighted by Crippen LogP contribution is -2.56. The fraction of sp³-hybridized carbons (Fsp3) is 1.00. The van der Waals surface area contributed by atoms with Gasteiger partial charge in [-0.2, -0.15) is 0 Å². The minimum atomic E-state index is -1.22. The Balaban J connectivity index is 2.04. The van der Waals surface area contributed by atoms with Crippen LogP contribution in [0.25, 0.3) is 0 Å². The molecule has 0 nitrogen and oxygen atoms in total. The van der Waals surface area contributed by atoms with E-state index in [9.17, 15) is 0 Å². The van der Waals surface area contributed by atoms with Crippen LogP contribution < -0.4 is 0 Å². The van der Waals surface area contributed by atoms with Crippen LogP contribution in [0.3, 0.4) is 0 Å². The lowest BCUT2D eigenvalue weighted by Gasteiger charge is -2.64. The predicted molar refractivity (Wildman–Crippen MR) is 87.3 cm³/mol. The van der Waals surface area contributed by atoms with E-state index in [0.29, 0.717) is 15.5 Å². The number of hydrogen-bond acceptors (Lipinski definition) is 0. The molecule has 19 heavy (non-hydrogen) atoms. The SMILES string of the molecule is CC1(C)C2CCC3(C[Si]3(C(C)(C)C)C(C)(C)C)C1C2. The normalized spacial score (nSPS) is 42.9. The molecule has 0 aromatic heterocycles. The van der Waals surface area contributed by atoms with Gasteiger partial charge >= 0.3 is 0 Å². The maximum Gasteiger partial charge on any atom is 0.0708 e. The van der Waals surface area contributed by atoms with E-state index < -0.39 is 8.07 Å². The summed E-state index contributed by atoms with van der Waals surface area (Å²) in [6, 6.07) is 1.63. The fourth-order valence-corrected chi connectivity index (χ4v) is 17.1. The Morgan fingerprint density at radius 1 is 0.947 bits per heavy atom. The van der Waals surface area contributed by atoms with E-state index in [1.807, 2.05) is 0 Å². The third-order valence-electron chi connectivity index (χ3n) is 7.94. The number of fused-ring (bicyclic) bond motifs is 1. The molecule has 1 aliphatic heterocycles. The van der Waals surface area contributed by atoms with E-state index in [1.165, 1.54) is 6.42 Å². The Kier molecular flexibility index (Phi) is 2.49. The molecule has 1 heterocycles. The predicted octanol–water partition coefficient (Wildman–Crippen LogP) is 6.25. The second-order valence-corrected chi connectivity index (χ2v) is 16.7.